The van der Waals surface area contributed by atoms with Crippen LogP contribution in [0.15, 0.2) is 18.6 Å². The van der Waals surface area contributed by atoms with Crippen LogP contribution >= 0.6 is 0 Å². The van der Waals surface area contributed by atoms with Gasteiger partial charge < -0.3 is 15.0 Å². The van der Waals surface area contributed by atoms with Crippen molar-refractivity contribution in [2.75, 3.05) is 7.11 Å². The number of nitrogens with two attached hydrogens (primary N) is 1. The minimum Gasteiger partial charge on any atom is -0.468 e. The van der Waals surface area contributed by atoms with Crippen molar-refractivity contribution in [1.29, 1.82) is 0 Å². The molecular formula is C10H11N3O3. The number of ether oxygens (including phenoxy) is 1. The third kappa shape index (κ3) is 1.43. The summed E-state index contributed by atoms with van der Waals surface area (Å²) in [4.78, 5) is 26.3. The summed E-state index contributed by atoms with van der Waals surface area (Å²) < 4.78 is 6.22. The largest absolute Gasteiger partial charge is 0.468 e. The molecule has 2 heterocycles. The fourth-order valence-electron chi connectivity index (χ4n) is 1.76. The molecule has 1 aromatic heterocycles. The molecule has 16 heavy (non-hydrogen) atoms. The van der Waals surface area contributed by atoms with Crippen LogP contribution in [0.5, 0.6) is 0 Å². The number of fused-ring (bicyclic) bond motifs is 1. The molecule has 1 aliphatic heterocycles. The van der Waals surface area contributed by atoms with Crippen molar-refractivity contribution < 1.29 is 14.3 Å². The van der Waals surface area contributed by atoms with E-state index >= 15 is 0 Å². The Hall–Kier alpha value is -1.95. The second-order valence-corrected chi connectivity index (χ2v) is 3.47. The first-order valence-corrected chi connectivity index (χ1v) is 4.71. The zero-order valence-corrected chi connectivity index (χ0v) is 8.66. The number of carbonyl (C=O) groups is 2. The van der Waals surface area contributed by atoms with Crippen molar-refractivity contribution >= 4 is 17.8 Å². The Kier molecular flexibility index (Phi) is 2.57. The van der Waals surface area contributed by atoms with Crippen LogP contribution in [0, 0.1) is 5.92 Å². The van der Waals surface area contributed by atoms with Crippen LogP contribution in [0.2, 0.25) is 0 Å². The number of aldehydes is 1. The zero-order chi connectivity index (χ0) is 11.7. The van der Waals surface area contributed by atoms with Gasteiger partial charge in [0.15, 0.2) is 6.29 Å². The van der Waals surface area contributed by atoms with Gasteiger partial charge in [-0.25, -0.2) is 4.98 Å². The van der Waals surface area contributed by atoms with Gasteiger partial charge in [0.1, 0.15) is 5.92 Å². The number of imidazole rings is 1. The molecule has 0 spiro atoms. The average Bonchev–Trinajstić information content (AvgIpc) is 2.78. The van der Waals surface area contributed by atoms with Gasteiger partial charge in [-0.05, 0) is 0 Å². The van der Waals surface area contributed by atoms with Crippen LogP contribution in [0.4, 0.5) is 0 Å². The summed E-state index contributed by atoms with van der Waals surface area (Å²) in [5.41, 5.74) is 6.90. The summed E-state index contributed by atoms with van der Waals surface area (Å²) in [5, 5.41) is 0. The summed E-state index contributed by atoms with van der Waals surface area (Å²) in [6, 6.07) is 0. The topological polar surface area (TPSA) is 87.2 Å². The molecule has 0 fully saturated rings. The lowest BCUT2D eigenvalue weighted by atomic mass is 9.97. The monoisotopic (exact) mass is 221 g/mol. The standard InChI is InChI=1S/C10H11N3O3/c1-16-10(15)7-2-6(4-14)8-3-12-5-13(8)9(7)11/h2-5,7,9H,11H2,1H3. The second-order valence-electron chi connectivity index (χ2n) is 3.47. The maximum Gasteiger partial charge on any atom is 0.316 e. The SMILES string of the molecule is COC(=O)C1C=C(C=O)c2cncn2C1N. The zero-order valence-electron chi connectivity index (χ0n) is 8.66. The molecule has 0 bridgehead atoms. The van der Waals surface area contributed by atoms with Crippen LogP contribution in [0.25, 0.3) is 5.57 Å². The van der Waals surface area contributed by atoms with Gasteiger partial charge in [0.05, 0.1) is 31.5 Å². The lowest BCUT2D eigenvalue weighted by Crippen LogP contribution is -2.35. The van der Waals surface area contributed by atoms with Gasteiger partial charge in [0.25, 0.3) is 0 Å². The molecule has 0 amide bonds. The molecule has 0 radical (unpaired) electrons. The van der Waals surface area contributed by atoms with Gasteiger partial charge in [-0.3, -0.25) is 9.59 Å². The average molecular weight is 221 g/mol. The molecule has 2 atom stereocenters. The summed E-state index contributed by atoms with van der Waals surface area (Å²) in [5.74, 6) is -1.13. The summed E-state index contributed by atoms with van der Waals surface area (Å²) in [7, 11) is 1.28. The number of allylic oxidation sites excluding steroid dienone is 1. The Balaban J connectivity index is 2.47. The number of esters is 1. The van der Waals surface area contributed by atoms with Crippen LogP contribution in [0.1, 0.15) is 11.9 Å². The maximum absolute atomic E-state index is 11.5. The summed E-state index contributed by atoms with van der Waals surface area (Å²) in [6.07, 6.45) is 4.63. The van der Waals surface area contributed by atoms with E-state index in [0.29, 0.717) is 17.6 Å². The molecule has 0 aliphatic carbocycles. The van der Waals surface area contributed by atoms with E-state index in [1.54, 1.807) is 4.57 Å². The lowest BCUT2D eigenvalue weighted by Gasteiger charge is -2.26. The molecule has 6 heteroatoms. The quantitative estimate of drug-likeness (QED) is 0.548. The molecule has 1 aliphatic rings. The molecular weight excluding hydrogens is 210 g/mol. The van der Waals surface area contributed by atoms with E-state index in [4.69, 9.17) is 5.73 Å². The molecule has 0 saturated carbocycles. The second kappa shape index (κ2) is 3.90. The van der Waals surface area contributed by atoms with E-state index in [1.807, 2.05) is 0 Å². The van der Waals surface area contributed by atoms with Gasteiger partial charge in [0.2, 0.25) is 0 Å². The highest BCUT2D eigenvalue weighted by atomic mass is 16.5. The highest BCUT2D eigenvalue weighted by Crippen LogP contribution is 2.28. The first-order valence-electron chi connectivity index (χ1n) is 4.71. The normalized spacial score (nSPS) is 23.2. The van der Waals surface area contributed by atoms with E-state index in [0.717, 1.165) is 0 Å². The highest BCUT2D eigenvalue weighted by molar-refractivity contribution is 6.07. The minimum atomic E-state index is -0.660. The Morgan fingerprint density at radius 1 is 1.69 bits per heavy atom. The highest BCUT2D eigenvalue weighted by Gasteiger charge is 2.32. The van der Waals surface area contributed by atoms with Crippen molar-refractivity contribution in [1.82, 2.24) is 9.55 Å². The molecule has 0 aromatic carbocycles. The van der Waals surface area contributed by atoms with Crippen molar-refractivity contribution in [2.45, 2.75) is 6.17 Å². The van der Waals surface area contributed by atoms with Crippen LogP contribution < -0.4 is 5.73 Å². The Morgan fingerprint density at radius 3 is 3.06 bits per heavy atom. The fraction of sp³-hybridized carbons (Fsp3) is 0.300. The molecule has 2 N–H and O–H groups in total. The smallest absolute Gasteiger partial charge is 0.316 e. The fourth-order valence-corrected chi connectivity index (χ4v) is 1.76. The third-order valence-corrected chi connectivity index (χ3v) is 2.61. The minimum absolute atomic E-state index is 0.398. The van der Waals surface area contributed by atoms with Gasteiger partial charge in [-0.15, -0.1) is 0 Å². The van der Waals surface area contributed by atoms with E-state index in [2.05, 4.69) is 9.72 Å². The Labute approximate surface area is 91.7 Å². The van der Waals surface area contributed by atoms with Gasteiger partial charge in [0, 0.05) is 5.57 Å². The van der Waals surface area contributed by atoms with Crippen molar-refractivity contribution in [3.63, 3.8) is 0 Å². The van der Waals surface area contributed by atoms with Crippen LogP contribution in [0.3, 0.4) is 0 Å². The van der Waals surface area contributed by atoms with Crippen LogP contribution in [-0.4, -0.2) is 28.9 Å². The van der Waals surface area contributed by atoms with Gasteiger partial charge in [-0.2, -0.15) is 0 Å². The van der Waals surface area contributed by atoms with Gasteiger partial charge in [-0.1, -0.05) is 6.08 Å². The first-order chi connectivity index (χ1) is 7.69. The number of methoxy groups -OCH3 is 1. The molecule has 2 rings (SSSR count). The maximum atomic E-state index is 11.5. The number of hydrogen-bond acceptors (Lipinski definition) is 5. The first kappa shape index (κ1) is 10.6. The Morgan fingerprint density at radius 2 is 2.44 bits per heavy atom. The molecule has 6 nitrogen and oxygen atoms in total. The van der Waals surface area contributed by atoms with E-state index in [1.165, 1.54) is 25.7 Å². The predicted octanol–water partition coefficient (Wildman–Crippen LogP) is -0.275. The van der Waals surface area contributed by atoms with Gasteiger partial charge >= 0.3 is 5.97 Å². The summed E-state index contributed by atoms with van der Waals surface area (Å²) in [6.45, 7) is 0. The third-order valence-electron chi connectivity index (χ3n) is 2.61. The van der Waals surface area contributed by atoms with E-state index in [9.17, 15) is 9.59 Å². The van der Waals surface area contributed by atoms with Crippen molar-refractivity contribution in [2.24, 2.45) is 11.7 Å². The number of nitrogens with zero attached hydrogens (tertiary/aromatic N) is 2. The molecule has 0 saturated heterocycles. The van der Waals surface area contributed by atoms with Crippen molar-refractivity contribution in [3.8, 4) is 0 Å². The molecule has 2 unspecified atom stereocenters. The predicted molar refractivity (Wildman–Crippen MR) is 55.0 cm³/mol. The molecule has 1 aromatic rings. The number of aromatic nitrogens is 2. The lowest BCUT2D eigenvalue weighted by molar-refractivity contribution is -0.145. The molecule has 84 valence electrons. The number of hydrogen-bond donors (Lipinski definition) is 1. The Bertz CT molecular complexity index is 464. The number of rotatable bonds is 2. The summed E-state index contributed by atoms with van der Waals surface area (Å²) >= 11 is 0. The van der Waals surface area contributed by atoms with Crippen molar-refractivity contribution in [3.05, 3.63) is 24.3 Å². The number of carbonyl (C=O) groups excluding carboxylic acids is 2. The van der Waals surface area contributed by atoms with E-state index in [-0.39, 0.29) is 0 Å². The van der Waals surface area contributed by atoms with E-state index < -0.39 is 18.1 Å². The van der Waals surface area contributed by atoms with Crippen LogP contribution in [-0.2, 0) is 14.3 Å².